The molecule has 4 rings (SSSR count). The zero-order chi connectivity index (χ0) is 21.0. The van der Waals surface area contributed by atoms with Crippen LogP contribution in [0.4, 0.5) is 0 Å². The van der Waals surface area contributed by atoms with Crippen molar-refractivity contribution >= 4 is 11.7 Å². The van der Waals surface area contributed by atoms with E-state index in [2.05, 4.69) is 37.4 Å². The van der Waals surface area contributed by atoms with Gasteiger partial charge in [0, 0.05) is 11.8 Å². The summed E-state index contributed by atoms with van der Waals surface area (Å²) >= 11 is 0. The molecule has 0 radical (unpaired) electrons. The van der Waals surface area contributed by atoms with Crippen LogP contribution in [0.3, 0.4) is 0 Å². The van der Waals surface area contributed by atoms with Crippen molar-refractivity contribution in [3.8, 4) is 0 Å². The van der Waals surface area contributed by atoms with E-state index in [1.165, 1.54) is 6.08 Å². The van der Waals surface area contributed by atoms with Gasteiger partial charge in [0.15, 0.2) is 11.4 Å². The Bertz CT molecular complexity index is 847. The number of fused-ring (bicyclic) bond motifs is 3. The predicted molar refractivity (Wildman–Crippen MR) is 105 cm³/mol. The van der Waals surface area contributed by atoms with E-state index in [0.717, 1.165) is 5.57 Å². The maximum Gasteiger partial charge on any atom is 0.259 e. The topological polar surface area (TPSA) is 97.4 Å². The molecular formula is C22H27NO6. The van der Waals surface area contributed by atoms with Crippen molar-refractivity contribution in [3.63, 3.8) is 0 Å². The van der Waals surface area contributed by atoms with Crippen molar-refractivity contribution < 1.29 is 28.9 Å². The number of rotatable bonds is 4. The van der Waals surface area contributed by atoms with E-state index < -0.39 is 23.1 Å². The van der Waals surface area contributed by atoms with Crippen LogP contribution >= 0.6 is 0 Å². The smallest absolute Gasteiger partial charge is 0.259 e. The highest BCUT2D eigenvalue weighted by Gasteiger charge is 2.65. The number of carbonyl (C=O) groups is 2. The van der Waals surface area contributed by atoms with Gasteiger partial charge in [0.1, 0.15) is 11.3 Å². The minimum Gasteiger partial charge on any atom is -0.507 e. The third-order valence-electron chi connectivity index (χ3n) is 6.26. The Morgan fingerprint density at radius 2 is 2.07 bits per heavy atom. The van der Waals surface area contributed by atoms with Crippen molar-refractivity contribution in [2.24, 2.45) is 11.8 Å². The quantitative estimate of drug-likeness (QED) is 0.187. The fraction of sp³-hybridized carbons (Fsp3) is 0.545. The third-order valence-corrected chi connectivity index (χ3v) is 6.26. The standard InChI is InChI=1S/C22H27NO6/c1-12(5-6-15(24)18-16(25)10-23-20(18)26)9-13(2)19-14(3)17-7-8-22(11-27-22)21(4,28-17)29-19/h5-9,13-14,17,19,24H,10-11H2,1-4H3,(H,23,26)/b6-5+,12-9+,18-15-/t13-,14+,17?,19?,21+,22?/m1/s1. The van der Waals surface area contributed by atoms with Crippen molar-refractivity contribution in [2.45, 2.75) is 51.3 Å². The van der Waals surface area contributed by atoms with Crippen LogP contribution in [-0.4, -0.2) is 53.5 Å². The summed E-state index contributed by atoms with van der Waals surface area (Å²) in [5, 5.41) is 12.5. The normalized spacial score (nSPS) is 41.8. The summed E-state index contributed by atoms with van der Waals surface area (Å²) in [5.41, 5.74) is 0.221. The zero-order valence-corrected chi connectivity index (χ0v) is 17.1. The first-order valence-electron chi connectivity index (χ1n) is 9.96. The Kier molecular flexibility index (Phi) is 4.80. The Labute approximate surface area is 170 Å². The van der Waals surface area contributed by atoms with E-state index in [-0.39, 0.29) is 41.9 Å². The summed E-state index contributed by atoms with van der Waals surface area (Å²) in [4.78, 5) is 23.3. The van der Waals surface area contributed by atoms with Crippen molar-refractivity contribution in [2.75, 3.05) is 13.2 Å². The summed E-state index contributed by atoms with van der Waals surface area (Å²) in [7, 11) is 0. The SMILES string of the molecule is CC(/C=C/C(O)=C1\C(=O)CNC1=O)=C\[C@@H](C)C1O[C@]2(C)OC(C=CC23CO3)[C@@H]1C. The Hall–Kier alpha value is -2.22. The fourth-order valence-electron chi connectivity index (χ4n) is 4.37. The van der Waals surface area contributed by atoms with E-state index in [9.17, 15) is 14.7 Å². The van der Waals surface area contributed by atoms with Gasteiger partial charge in [-0.05, 0) is 26.0 Å². The first kappa shape index (κ1) is 20.1. The highest BCUT2D eigenvalue weighted by Crippen LogP contribution is 2.51. The molecule has 0 saturated carbocycles. The lowest BCUT2D eigenvalue weighted by atomic mass is 9.82. The van der Waals surface area contributed by atoms with Crippen LogP contribution in [0.1, 0.15) is 27.7 Å². The van der Waals surface area contributed by atoms with E-state index in [1.54, 1.807) is 6.08 Å². The van der Waals surface area contributed by atoms with Gasteiger partial charge in [0.2, 0.25) is 5.79 Å². The number of ketones is 1. The fourth-order valence-corrected chi connectivity index (χ4v) is 4.37. The van der Waals surface area contributed by atoms with Crippen LogP contribution in [0.2, 0.25) is 0 Å². The molecule has 0 aliphatic carbocycles. The molecule has 3 saturated heterocycles. The van der Waals surface area contributed by atoms with Gasteiger partial charge in [0.25, 0.3) is 5.91 Å². The van der Waals surface area contributed by atoms with Gasteiger partial charge >= 0.3 is 0 Å². The molecule has 7 nitrogen and oxygen atoms in total. The summed E-state index contributed by atoms with van der Waals surface area (Å²) in [6.07, 6.45) is 9.18. The van der Waals surface area contributed by atoms with Gasteiger partial charge in [0.05, 0.1) is 25.4 Å². The van der Waals surface area contributed by atoms with E-state index in [0.29, 0.717) is 6.61 Å². The molecule has 2 bridgehead atoms. The molecule has 7 heteroatoms. The first-order chi connectivity index (χ1) is 13.7. The van der Waals surface area contributed by atoms with Crippen molar-refractivity contribution in [3.05, 3.63) is 47.3 Å². The molecule has 0 aromatic heterocycles. The number of carbonyl (C=O) groups excluding carboxylic acids is 2. The number of nitrogens with one attached hydrogen (secondary N) is 1. The Morgan fingerprint density at radius 3 is 2.69 bits per heavy atom. The molecule has 156 valence electrons. The molecule has 0 aromatic carbocycles. The molecule has 1 amide bonds. The van der Waals surface area contributed by atoms with Crippen LogP contribution in [0, 0.1) is 11.8 Å². The number of Topliss-reactive ketones (excluding diaryl/α,β-unsaturated/α-hetero) is 1. The predicted octanol–water partition coefficient (Wildman–Crippen LogP) is 2.11. The largest absolute Gasteiger partial charge is 0.507 e. The van der Waals surface area contributed by atoms with Crippen molar-refractivity contribution in [1.29, 1.82) is 0 Å². The van der Waals surface area contributed by atoms with Gasteiger partial charge in [-0.1, -0.05) is 37.6 Å². The van der Waals surface area contributed by atoms with Gasteiger partial charge in [-0.25, -0.2) is 0 Å². The molecule has 6 atom stereocenters. The van der Waals surface area contributed by atoms with Crippen molar-refractivity contribution in [1.82, 2.24) is 5.32 Å². The lowest BCUT2D eigenvalue weighted by Crippen LogP contribution is -2.61. The van der Waals surface area contributed by atoms with Gasteiger partial charge in [-0.15, -0.1) is 0 Å². The van der Waals surface area contributed by atoms with E-state index in [1.807, 2.05) is 13.8 Å². The minimum atomic E-state index is -0.797. The van der Waals surface area contributed by atoms with Gasteiger partial charge < -0.3 is 24.6 Å². The number of allylic oxidation sites excluding steroid dienone is 3. The van der Waals surface area contributed by atoms with Crippen LogP contribution in [-0.2, 0) is 23.8 Å². The second-order valence-corrected chi connectivity index (χ2v) is 8.48. The number of epoxide rings is 1. The summed E-state index contributed by atoms with van der Waals surface area (Å²) in [6, 6.07) is 0. The molecule has 29 heavy (non-hydrogen) atoms. The van der Waals surface area contributed by atoms with Crippen LogP contribution in [0.15, 0.2) is 47.3 Å². The van der Waals surface area contributed by atoms with Gasteiger partial charge in [-0.2, -0.15) is 0 Å². The molecule has 2 N–H and O–H groups in total. The average Bonchev–Trinajstić information content (AvgIpc) is 3.39. The number of hydrogen-bond donors (Lipinski definition) is 2. The van der Waals surface area contributed by atoms with Crippen LogP contribution < -0.4 is 5.32 Å². The average molecular weight is 401 g/mol. The number of hydrogen-bond acceptors (Lipinski definition) is 6. The van der Waals surface area contributed by atoms with Crippen LogP contribution in [0.25, 0.3) is 0 Å². The molecule has 4 aliphatic rings. The zero-order valence-electron chi connectivity index (χ0n) is 17.1. The summed E-state index contributed by atoms with van der Waals surface area (Å²) < 4.78 is 18.2. The second kappa shape index (κ2) is 6.93. The second-order valence-electron chi connectivity index (χ2n) is 8.48. The molecule has 3 fully saturated rings. The highest BCUT2D eigenvalue weighted by atomic mass is 16.8. The van der Waals surface area contributed by atoms with Crippen LogP contribution in [0.5, 0.6) is 0 Å². The van der Waals surface area contributed by atoms with Gasteiger partial charge in [-0.3, -0.25) is 9.59 Å². The molecule has 0 aromatic rings. The summed E-state index contributed by atoms with van der Waals surface area (Å²) in [6.45, 7) is 8.56. The van der Waals surface area contributed by atoms with E-state index >= 15 is 0 Å². The summed E-state index contributed by atoms with van der Waals surface area (Å²) in [5.74, 6) is -1.82. The molecule has 4 heterocycles. The maximum absolute atomic E-state index is 11.7. The molecule has 4 aliphatic heterocycles. The number of ether oxygens (including phenoxy) is 3. The third kappa shape index (κ3) is 3.37. The lowest BCUT2D eigenvalue weighted by molar-refractivity contribution is -0.346. The minimum absolute atomic E-state index is 0.0269. The monoisotopic (exact) mass is 401 g/mol. The number of aliphatic hydroxyl groups excluding tert-OH is 1. The first-order valence-corrected chi connectivity index (χ1v) is 9.96. The molecule has 3 unspecified atom stereocenters. The van der Waals surface area contributed by atoms with E-state index in [4.69, 9.17) is 14.2 Å². The maximum atomic E-state index is 11.7. The number of amides is 1. The molecule has 1 spiro atoms. The Balaban J connectivity index is 1.49. The Morgan fingerprint density at radius 1 is 1.34 bits per heavy atom. The number of aliphatic hydroxyl groups is 1. The highest BCUT2D eigenvalue weighted by molar-refractivity contribution is 6.25. The molecular weight excluding hydrogens is 374 g/mol. The lowest BCUT2D eigenvalue weighted by Gasteiger charge is -2.51.